The van der Waals surface area contributed by atoms with Crippen LogP contribution in [0.4, 0.5) is 4.39 Å². The molecular weight excluding hydrogens is 367 g/mol. The topological polar surface area (TPSA) is 59.7 Å². The van der Waals surface area contributed by atoms with E-state index in [9.17, 15) is 4.39 Å². The molecule has 8 heteroatoms. The zero-order chi connectivity index (χ0) is 18.6. The summed E-state index contributed by atoms with van der Waals surface area (Å²) in [7, 11) is 0. The number of hydrogen-bond acceptors (Lipinski definition) is 5. The Morgan fingerprint density at radius 3 is 2.85 bits per heavy atom. The molecule has 0 radical (unpaired) electrons. The number of rotatable bonds is 5. The lowest BCUT2D eigenvalue weighted by Gasteiger charge is -2.32. The van der Waals surface area contributed by atoms with Crippen LogP contribution in [0.2, 0.25) is 5.02 Å². The summed E-state index contributed by atoms with van der Waals surface area (Å²) in [5.41, 5.74) is 1.47. The van der Waals surface area contributed by atoms with Crippen LogP contribution in [0.15, 0.2) is 42.7 Å². The minimum absolute atomic E-state index is 0.246. The normalized spacial score (nSPS) is 17.9. The molecule has 1 saturated heterocycles. The Morgan fingerprint density at radius 2 is 2.04 bits per heavy atom. The molecule has 3 aromatic rings. The number of tetrazole rings is 1. The predicted octanol–water partition coefficient (Wildman–Crippen LogP) is 3.44. The summed E-state index contributed by atoms with van der Waals surface area (Å²) >= 11 is 6.17. The van der Waals surface area contributed by atoms with Gasteiger partial charge in [-0.2, -0.15) is 4.80 Å². The third kappa shape index (κ3) is 4.31. The highest BCUT2D eigenvalue weighted by atomic mass is 35.5. The fraction of sp³-hybridized carbons (Fsp3) is 0.368. The highest BCUT2D eigenvalue weighted by Gasteiger charge is 2.23. The number of nitrogens with zero attached hydrogens (tertiary/aromatic N) is 6. The number of hydrogen-bond donors (Lipinski definition) is 0. The van der Waals surface area contributed by atoms with Gasteiger partial charge in [-0.1, -0.05) is 17.7 Å². The largest absolute Gasteiger partial charge is 0.299 e. The van der Waals surface area contributed by atoms with E-state index in [0.29, 0.717) is 35.4 Å². The van der Waals surface area contributed by atoms with E-state index >= 15 is 0 Å². The van der Waals surface area contributed by atoms with E-state index in [0.717, 1.165) is 31.5 Å². The summed E-state index contributed by atoms with van der Waals surface area (Å²) < 4.78 is 14.1. The maximum absolute atomic E-state index is 14.1. The van der Waals surface area contributed by atoms with Gasteiger partial charge in [-0.3, -0.25) is 9.88 Å². The number of halogens is 2. The molecule has 0 amide bonds. The molecule has 1 aromatic carbocycles. The number of likely N-dealkylation sites (tertiary alicyclic amines) is 1. The molecule has 140 valence electrons. The average Bonchev–Trinajstić information content (AvgIpc) is 3.14. The minimum Gasteiger partial charge on any atom is -0.299 e. The Labute approximate surface area is 162 Å². The van der Waals surface area contributed by atoms with Crippen molar-refractivity contribution in [2.45, 2.75) is 25.9 Å². The summed E-state index contributed by atoms with van der Waals surface area (Å²) in [6.07, 6.45) is 5.57. The van der Waals surface area contributed by atoms with Crippen LogP contribution >= 0.6 is 11.6 Å². The molecule has 0 bridgehead atoms. The van der Waals surface area contributed by atoms with Gasteiger partial charge in [0.1, 0.15) is 5.82 Å². The first-order valence-electron chi connectivity index (χ1n) is 9.02. The zero-order valence-electron chi connectivity index (χ0n) is 14.8. The predicted molar refractivity (Wildman–Crippen MR) is 100 cm³/mol. The van der Waals surface area contributed by atoms with Gasteiger partial charge in [-0.15, -0.1) is 10.2 Å². The standard InChI is InChI=1S/C19H20ClFN6/c20-17-4-1-5-18(21)16(17)13-26-10-2-3-14(11-26)12-27-24-19(23-25-27)15-6-8-22-9-7-15/h1,4-9,14H,2-3,10-13H2/t14-/m0/s1. The fourth-order valence-electron chi connectivity index (χ4n) is 3.52. The van der Waals surface area contributed by atoms with Gasteiger partial charge in [0.25, 0.3) is 0 Å². The molecule has 0 unspecified atom stereocenters. The lowest BCUT2D eigenvalue weighted by Crippen LogP contribution is -2.37. The Hall–Kier alpha value is -2.38. The maximum Gasteiger partial charge on any atom is 0.205 e. The first kappa shape index (κ1) is 18.0. The molecule has 0 saturated carbocycles. The summed E-state index contributed by atoms with van der Waals surface area (Å²) in [6, 6.07) is 8.56. The second-order valence-corrected chi connectivity index (χ2v) is 7.25. The van der Waals surface area contributed by atoms with Gasteiger partial charge in [0.15, 0.2) is 0 Å². The van der Waals surface area contributed by atoms with Gasteiger partial charge < -0.3 is 0 Å². The first-order chi connectivity index (χ1) is 13.2. The van der Waals surface area contributed by atoms with Crippen molar-refractivity contribution < 1.29 is 4.39 Å². The first-order valence-corrected chi connectivity index (χ1v) is 9.40. The molecule has 0 spiro atoms. The average molecular weight is 387 g/mol. The molecule has 2 aromatic heterocycles. The van der Waals surface area contributed by atoms with Crippen molar-refractivity contribution in [3.8, 4) is 11.4 Å². The molecule has 1 aliphatic heterocycles. The number of benzene rings is 1. The molecule has 1 fully saturated rings. The van der Waals surface area contributed by atoms with E-state index in [1.165, 1.54) is 6.07 Å². The van der Waals surface area contributed by atoms with E-state index in [4.69, 9.17) is 11.6 Å². The van der Waals surface area contributed by atoms with Crippen LogP contribution in [0.1, 0.15) is 18.4 Å². The fourth-order valence-corrected chi connectivity index (χ4v) is 3.74. The van der Waals surface area contributed by atoms with E-state index in [2.05, 4.69) is 25.3 Å². The Balaban J connectivity index is 1.40. The van der Waals surface area contributed by atoms with E-state index < -0.39 is 0 Å². The summed E-state index contributed by atoms with van der Waals surface area (Å²) in [6.45, 7) is 3.01. The molecule has 0 aliphatic carbocycles. The van der Waals surface area contributed by atoms with Gasteiger partial charge in [0, 0.05) is 41.6 Å². The van der Waals surface area contributed by atoms with Gasteiger partial charge in [-0.25, -0.2) is 4.39 Å². The van der Waals surface area contributed by atoms with E-state index in [1.54, 1.807) is 29.3 Å². The number of piperidine rings is 1. The lowest BCUT2D eigenvalue weighted by atomic mass is 9.97. The van der Waals surface area contributed by atoms with Crippen LogP contribution < -0.4 is 0 Å². The van der Waals surface area contributed by atoms with Crippen LogP contribution in [-0.2, 0) is 13.1 Å². The molecule has 0 N–H and O–H groups in total. The summed E-state index contributed by atoms with van der Waals surface area (Å²) in [5.74, 6) is 0.747. The highest BCUT2D eigenvalue weighted by Crippen LogP contribution is 2.25. The molecule has 1 atom stereocenters. The Bertz CT molecular complexity index is 880. The molecule has 6 nitrogen and oxygen atoms in total. The second kappa shape index (κ2) is 8.10. The van der Waals surface area contributed by atoms with Crippen LogP contribution in [-0.4, -0.2) is 43.2 Å². The van der Waals surface area contributed by atoms with Crippen LogP contribution in [0.3, 0.4) is 0 Å². The Morgan fingerprint density at radius 1 is 1.19 bits per heavy atom. The van der Waals surface area contributed by atoms with Crippen molar-refractivity contribution in [2.75, 3.05) is 13.1 Å². The van der Waals surface area contributed by atoms with Crippen molar-refractivity contribution in [3.05, 3.63) is 59.1 Å². The second-order valence-electron chi connectivity index (χ2n) is 6.85. The molecule has 1 aliphatic rings. The van der Waals surface area contributed by atoms with Crippen molar-refractivity contribution in [1.82, 2.24) is 30.1 Å². The van der Waals surface area contributed by atoms with E-state index in [-0.39, 0.29) is 5.82 Å². The van der Waals surface area contributed by atoms with Gasteiger partial charge in [-0.05, 0) is 54.8 Å². The smallest absolute Gasteiger partial charge is 0.205 e. The van der Waals surface area contributed by atoms with Gasteiger partial charge in [0.05, 0.1) is 6.54 Å². The molecular formula is C19H20ClFN6. The quantitative estimate of drug-likeness (QED) is 0.672. The van der Waals surface area contributed by atoms with Crippen LogP contribution in [0, 0.1) is 11.7 Å². The summed E-state index contributed by atoms with van der Waals surface area (Å²) in [4.78, 5) is 7.90. The minimum atomic E-state index is -0.246. The van der Waals surface area contributed by atoms with Crippen LogP contribution in [0.5, 0.6) is 0 Å². The highest BCUT2D eigenvalue weighted by molar-refractivity contribution is 6.31. The molecule has 3 heterocycles. The zero-order valence-corrected chi connectivity index (χ0v) is 15.6. The lowest BCUT2D eigenvalue weighted by molar-refractivity contribution is 0.148. The van der Waals surface area contributed by atoms with Crippen molar-refractivity contribution in [3.63, 3.8) is 0 Å². The SMILES string of the molecule is Fc1cccc(Cl)c1CN1CCC[C@H](Cn2nnc(-c3ccncc3)n2)C1. The summed E-state index contributed by atoms with van der Waals surface area (Å²) in [5, 5.41) is 13.3. The number of aromatic nitrogens is 5. The maximum atomic E-state index is 14.1. The van der Waals surface area contributed by atoms with E-state index in [1.807, 2.05) is 12.1 Å². The third-order valence-corrected chi connectivity index (χ3v) is 5.21. The molecule has 4 rings (SSSR count). The van der Waals surface area contributed by atoms with Gasteiger partial charge in [0.2, 0.25) is 5.82 Å². The van der Waals surface area contributed by atoms with Crippen molar-refractivity contribution in [2.24, 2.45) is 5.92 Å². The van der Waals surface area contributed by atoms with Gasteiger partial charge >= 0.3 is 0 Å². The third-order valence-electron chi connectivity index (χ3n) is 4.86. The van der Waals surface area contributed by atoms with Crippen LogP contribution in [0.25, 0.3) is 11.4 Å². The Kier molecular flexibility index (Phi) is 5.40. The van der Waals surface area contributed by atoms with Crippen molar-refractivity contribution >= 4 is 11.6 Å². The van der Waals surface area contributed by atoms with Crippen molar-refractivity contribution in [1.29, 1.82) is 0 Å². The monoisotopic (exact) mass is 386 g/mol. The number of pyridine rings is 1. The molecule has 27 heavy (non-hydrogen) atoms.